The Kier molecular flexibility index (Phi) is 5.45. The molecular weight excluding hydrogens is 222 g/mol. The number of carbonyl (C=O) groups is 1. The van der Waals surface area contributed by atoms with Crippen LogP contribution in [0.1, 0.15) is 12.0 Å². The fourth-order valence-corrected chi connectivity index (χ4v) is 1.32. The predicted molar refractivity (Wildman–Crippen MR) is 62.9 cm³/mol. The van der Waals surface area contributed by atoms with Gasteiger partial charge in [0.1, 0.15) is 11.8 Å². The second-order valence-electron chi connectivity index (χ2n) is 3.66. The smallest absolute Gasteiger partial charge is 0.320 e. The Labute approximate surface area is 100 Å². The number of ether oxygens (including phenoxy) is 2. The molecule has 0 amide bonds. The first kappa shape index (κ1) is 13.5. The molecule has 0 aliphatic heterocycles. The van der Waals surface area contributed by atoms with Gasteiger partial charge in [-0.15, -0.1) is 0 Å². The summed E-state index contributed by atoms with van der Waals surface area (Å²) in [5, 5.41) is 8.60. The third-order valence-electron chi connectivity index (χ3n) is 2.22. The molecule has 1 rings (SSSR count). The number of hydrogen-bond acceptors (Lipinski definition) is 4. The summed E-state index contributed by atoms with van der Waals surface area (Å²) in [4.78, 5) is 10.5. The number of hydrogen-bond donors (Lipinski definition) is 2. The highest BCUT2D eigenvalue weighted by molar-refractivity contribution is 5.72. The Balaban J connectivity index is 2.41. The Morgan fingerprint density at radius 3 is 2.94 bits per heavy atom. The normalized spacial score (nSPS) is 12.1. The van der Waals surface area contributed by atoms with Gasteiger partial charge in [0.25, 0.3) is 0 Å². The Morgan fingerprint density at radius 1 is 1.53 bits per heavy atom. The van der Waals surface area contributed by atoms with Crippen LogP contribution in [0.3, 0.4) is 0 Å². The Morgan fingerprint density at radius 2 is 2.29 bits per heavy atom. The highest BCUT2D eigenvalue weighted by Crippen LogP contribution is 2.14. The Bertz CT molecular complexity index is 367. The lowest BCUT2D eigenvalue weighted by molar-refractivity contribution is -0.138. The lowest BCUT2D eigenvalue weighted by Gasteiger charge is -2.09. The molecule has 0 radical (unpaired) electrons. The van der Waals surface area contributed by atoms with Crippen molar-refractivity contribution < 1.29 is 19.4 Å². The molecule has 0 heterocycles. The summed E-state index contributed by atoms with van der Waals surface area (Å²) < 4.78 is 10.4. The van der Waals surface area contributed by atoms with Crippen molar-refractivity contribution in [2.45, 2.75) is 19.1 Å². The van der Waals surface area contributed by atoms with Crippen molar-refractivity contribution in [3.05, 3.63) is 29.8 Å². The van der Waals surface area contributed by atoms with Crippen LogP contribution >= 0.6 is 0 Å². The lowest BCUT2D eigenvalue weighted by Crippen LogP contribution is -2.31. The van der Waals surface area contributed by atoms with Crippen molar-refractivity contribution in [2.75, 3.05) is 13.7 Å². The predicted octanol–water partition coefficient (Wildman–Crippen LogP) is 1.01. The zero-order valence-electron chi connectivity index (χ0n) is 9.76. The highest BCUT2D eigenvalue weighted by atomic mass is 16.5. The van der Waals surface area contributed by atoms with E-state index in [0.29, 0.717) is 12.4 Å². The zero-order valence-corrected chi connectivity index (χ0v) is 9.76. The molecule has 17 heavy (non-hydrogen) atoms. The van der Waals surface area contributed by atoms with Gasteiger partial charge in [-0.3, -0.25) is 4.79 Å². The van der Waals surface area contributed by atoms with Crippen molar-refractivity contribution in [1.29, 1.82) is 0 Å². The minimum absolute atomic E-state index is 0.282. The van der Waals surface area contributed by atoms with E-state index < -0.39 is 12.0 Å². The third-order valence-corrected chi connectivity index (χ3v) is 2.22. The molecule has 0 fully saturated rings. The first-order chi connectivity index (χ1) is 8.13. The maximum atomic E-state index is 10.5. The second kappa shape index (κ2) is 6.88. The van der Waals surface area contributed by atoms with E-state index >= 15 is 0 Å². The van der Waals surface area contributed by atoms with Crippen LogP contribution in [0.15, 0.2) is 24.3 Å². The van der Waals surface area contributed by atoms with E-state index in [1.807, 2.05) is 24.3 Å². The van der Waals surface area contributed by atoms with Crippen LogP contribution < -0.4 is 10.5 Å². The van der Waals surface area contributed by atoms with Crippen molar-refractivity contribution in [2.24, 2.45) is 5.73 Å². The van der Waals surface area contributed by atoms with E-state index in [0.717, 1.165) is 5.56 Å². The van der Waals surface area contributed by atoms with Crippen molar-refractivity contribution in [3.63, 3.8) is 0 Å². The van der Waals surface area contributed by atoms with Gasteiger partial charge in [-0.05, 0) is 17.7 Å². The van der Waals surface area contributed by atoms with Gasteiger partial charge < -0.3 is 20.3 Å². The van der Waals surface area contributed by atoms with Gasteiger partial charge in [0.05, 0.1) is 13.2 Å². The van der Waals surface area contributed by atoms with E-state index in [4.69, 9.17) is 20.3 Å². The summed E-state index contributed by atoms with van der Waals surface area (Å²) in [6, 6.07) is 6.58. The fourth-order valence-electron chi connectivity index (χ4n) is 1.32. The zero-order chi connectivity index (χ0) is 12.7. The number of carboxylic acid groups (broad SMARTS) is 1. The average Bonchev–Trinajstić information content (AvgIpc) is 2.29. The third kappa shape index (κ3) is 4.84. The molecule has 0 aliphatic carbocycles. The molecular formula is C12H17NO4. The van der Waals surface area contributed by atoms with Crippen LogP contribution in [0.5, 0.6) is 5.75 Å². The monoisotopic (exact) mass is 239 g/mol. The molecule has 0 aromatic heterocycles. The maximum absolute atomic E-state index is 10.5. The van der Waals surface area contributed by atoms with Gasteiger partial charge in [0.15, 0.2) is 0 Å². The molecule has 0 aliphatic rings. The molecule has 0 bridgehead atoms. The number of benzene rings is 1. The molecule has 1 atom stereocenters. The van der Waals surface area contributed by atoms with Gasteiger partial charge in [-0.25, -0.2) is 0 Å². The first-order valence-electron chi connectivity index (χ1n) is 5.32. The number of carboxylic acids is 1. The van der Waals surface area contributed by atoms with Crippen molar-refractivity contribution in [3.8, 4) is 5.75 Å². The largest absolute Gasteiger partial charge is 0.494 e. The molecule has 94 valence electrons. The molecule has 0 saturated carbocycles. The first-order valence-corrected chi connectivity index (χ1v) is 5.32. The highest BCUT2D eigenvalue weighted by Gasteiger charge is 2.10. The van der Waals surface area contributed by atoms with Crippen LogP contribution in [0.4, 0.5) is 0 Å². The number of rotatable bonds is 7. The van der Waals surface area contributed by atoms with Gasteiger partial charge in [-0.1, -0.05) is 12.1 Å². The summed E-state index contributed by atoms with van der Waals surface area (Å²) in [5.41, 5.74) is 6.37. The van der Waals surface area contributed by atoms with Crippen LogP contribution in [0.2, 0.25) is 0 Å². The molecule has 5 heteroatoms. The molecule has 1 unspecified atom stereocenters. The van der Waals surface area contributed by atoms with Crippen LogP contribution in [0, 0.1) is 0 Å². The number of aliphatic carboxylic acids is 1. The average molecular weight is 239 g/mol. The summed E-state index contributed by atoms with van der Waals surface area (Å²) in [6.07, 6.45) is 0.282. The molecule has 0 spiro atoms. The molecule has 1 aromatic rings. The van der Waals surface area contributed by atoms with E-state index in [1.54, 1.807) is 7.11 Å². The van der Waals surface area contributed by atoms with Crippen LogP contribution in [-0.2, 0) is 16.1 Å². The minimum Gasteiger partial charge on any atom is -0.494 e. The SMILES string of the molecule is COCc1cccc(OCCC(N)C(=O)O)c1. The molecule has 1 aromatic carbocycles. The van der Waals surface area contributed by atoms with E-state index in [2.05, 4.69) is 0 Å². The number of methoxy groups -OCH3 is 1. The molecule has 0 saturated heterocycles. The maximum Gasteiger partial charge on any atom is 0.320 e. The standard InChI is InChI=1S/C12H17NO4/c1-16-8-9-3-2-4-10(7-9)17-6-5-11(13)12(14)15/h2-4,7,11H,5-6,8,13H2,1H3,(H,14,15). The topological polar surface area (TPSA) is 81.8 Å². The van der Waals surface area contributed by atoms with E-state index in [1.165, 1.54) is 0 Å². The molecule has 3 N–H and O–H groups in total. The van der Waals surface area contributed by atoms with Crippen molar-refractivity contribution in [1.82, 2.24) is 0 Å². The summed E-state index contributed by atoms with van der Waals surface area (Å²) in [6.45, 7) is 0.801. The van der Waals surface area contributed by atoms with Gasteiger partial charge in [-0.2, -0.15) is 0 Å². The van der Waals surface area contributed by atoms with Crippen molar-refractivity contribution >= 4 is 5.97 Å². The quantitative estimate of drug-likeness (QED) is 0.742. The van der Waals surface area contributed by atoms with Crippen LogP contribution in [-0.4, -0.2) is 30.8 Å². The van der Waals surface area contributed by atoms with Crippen LogP contribution in [0.25, 0.3) is 0 Å². The minimum atomic E-state index is -1.01. The summed E-state index contributed by atoms with van der Waals surface area (Å²) in [7, 11) is 1.62. The Hall–Kier alpha value is -1.59. The molecule has 5 nitrogen and oxygen atoms in total. The van der Waals surface area contributed by atoms with Gasteiger partial charge >= 0.3 is 5.97 Å². The lowest BCUT2D eigenvalue weighted by atomic mass is 10.2. The number of nitrogens with two attached hydrogens (primary N) is 1. The van der Waals surface area contributed by atoms with Gasteiger partial charge in [0, 0.05) is 13.5 Å². The van der Waals surface area contributed by atoms with E-state index in [-0.39, 0.29) is 13.0 Å². The van der Waals surface area contributed by atoms with E-state index in [9.17, 15) is 4.79 Å². The fraction of sp³-hybridized carbons (Fsp3) is 0.417. The summed E-state index contributed by atoms with van der Waals surface area (Å²) >= 11 is 0. The summed E-state index contributed by atoms with van der Waals surface area (Å²) in [5.74, 6) is -0.320. The second-order valence-corrected chi connectivity index (χ2v) is 3.66. The van der Waals surface area contributed by atoms with Gasteiger partial charge in [0.2, 0.25) is 0 Å².